The minimum atomic E-state index is -2.93. The molecule has 10 heteroatoms. The molecule has 0 aliphatic carbocycles. The molecule has 0 atom stereocenters. The molecule has 0 radical (unpaired) electrons. The van der Waals surface area contributed by atoms with Crippen molar-refractivity contribution in [2.24, 2.45) is 0 Å². The maximum absolute atomic E-state index is 12.1. The highest BCUT2D eigenvalue weighted by Gasteiger charge is 2.17. The lowest BCUT2D eigenvalue weighted by Gasteiger charge is -2.11. The first-order valence-electron chi connectivity index (χ1n) is 6.80. The van der Waals surface area contributed by atoms with Gasteiger partial charge in [0.15, 0.2) is 0 Å². The molecule has 0 bridgehead atoms. The Kier molecular flexibility index (Phi) is 5.07. The van der Waals surface area contributed by atoms with Gasteiger partial charge in [-0.25, -0.2) is 0 Å². The number of ether oxygens (including phenoxy) is 1. The van der Waals surface area contributed by atoms with Crippen molar-refractivity contribution >= 4 is 17.3 Å². The number of nitrogens with one attached hydrogen (secondary N) is 1. The van der Waals surface area contributed by atoms with Crippen molar-refractivity contribution in [3.05, 3.63) is 45.8 Å². The van der Waals surface area contributed by atoms with Crippen molar-refractivity contribution in [2.75, 3.05) is 5.32 Å². The second-order valence-electron chi connectivity index (χ2n) is 4.96. The van der Waals surface area contributed by atoms with E-state index in [0.717, 1.165) is 4.68 Å². The van der Waals surface area contributed by atoms with E-state index >= 15 is 0 Å². The Hall–Kier alpha value is -3.04. The first-order valence-corrected chi connectivity index (χ1v) is 6.80. The number of carbonyl (C=O) groups is 1. The predicted octanol–water partition coefficient (Wildman–Crippen LogP) is 2.65. The first-order chi connectivity index (χ1) is 11.3. The topological polar surface area (TPSA) is 99.3 Å². The van der Waals surface area contributed by atoms with Gasteiger partial charge in [0.25, 0.3) is 0 Å². The Morgan fingerprint density at radius 1 is 1.46 bits per heavy atom. The molecule has 1 aromatic carbocycles. The van der Waals surface area contributed by atoms with Crippen LogP contribution in [0.4, 0.5) is 20.2 Å². The molecule has 0 aliphatic heterocycles. The molecule has 1 aromatic heterocycles. The molecule has 128 valence electrons. The molecule has 8 nitrogen and oxygen atoms in total. The van der Waals surface area contributed by atoms with Gasteiger partial charge in [0.1, 0.15) is 24.2 Å². The van der Waals surface area contributed by atoms with Crippen LogP contribution < -0.4 is 10.1 Å². The van der Waals surface area contributed by atoms with E-state index in [1.165, 1.54) is 31.3 Å². The average Bonchev–Trinajstić information content (AvgIpc) is 2.82. The van der Waals surface area contributed by atoms with Crippen molar-refractivity contribution in [2.45, 2.75) is 27.0 Å². The summed E-state index contributed by atoms with van der Waals surface area (Å²) in [6.45, 7) is -0.0535. The van der Waals surface area contributed by atoms with Gasteiger partial charge in [-0.15, -0.1) is 0 Å². The van der Waals surface area contributed by atoms with Crippen LogP contribution in [-0.2, 0) is 11.3 Å². The summed E-state index contributed by atoms with van der Waals surface area (Å²) in [6.07, 6.45) is 1.17. The normalized spacial score (nSPS) is 10.7. The standard InChI is InChI=1S/C14H14F2N4O4/c1-8-5-10(24-14(15)16)3-4-11(8)17-13(21)7-19-6-12(20(22)23)9(2)18-19/h3-6,14H,7H2,1-2H3,(H,17,21). The predicted molar refractivity (Wildman–Crippen MR) is 80.1 cm³/mol. The van der Waals surface area contributed by atoms with Crippen LogP contribution >= 0.6 is 0 Å². The van der Waals surface area contributed by atoms with Crippen molar-refractivity contribution in [3.63, 3.8) is 0 Å². The Bertz CT molecular complexity index is 776. The minimum absolute atomic E-state index is 0.0150. The van der Waals surface area contributed by atoms with Crippen molar-refractivity contribution in [1.29, 1.82) is 0 Å². The monoisotopic (exact) mass is 340 g/mol. The summed E-state index contributed by atoms with van der Waals surface area (Å²) in [5.74, 6) is -0.475. The average molecular weight is 340 g/mol. The summed E-state index contributed by atoms with van der Waals surface area (Å²) in [5.41, 5.74) is 0.981. The molecule has 1 heterocycles. The zero-order chi connectivity index (χ0) is 17.9. The fourth-order valence-corrected chi connectivity index (χ4v) is 2.06. The minimum Gasteiger partial charge on any atom is -0.435 e. The van der Waals surface area contributed by atoms with Gasteiger partial charge < -0.3 is 10.1 Å². The van der Waals surface area contributed by atoms with Gasteiger partial charge >= 0.3 is 12.3 Å². The van der Waals surface area contributed by atoms with Gasteiger partial charge in [0, 0.05) is 5.69 Å². The highest BCUT2D eigenvalue weighted by Crippen LogP contribution is 2.23. The van der Waals surface area contributed by atoms with E-state index in [2.05, 4.69) is 15.2 Å². The molecular weight excluding hydrogens is 326 g/mol. The second-order valence-corrected chi connectivity index (χ2v) is 4.96. The summed E-state index contributed by atoms with van der Waals surface area (Å²) >= 11 is 0. The van der Waals surface area contributed by atoms with Gasteiger partial charge in [-0.05, 0) is 37.6 Å². The molecule has 0 aliphatic rings. The Labute approximate surface area is 135 Å². The van der Waals surface area contributed by atoms with Crippen LogP contribution in [0.15, 0.2) is 24.4 Å². The van der Waals surface area contributed by atoms with E-state index in [1.54, 1.807) is 6.92 Å². The van der Waals surface area contributed by atoms with E-state index in [-0.39, 0.29) is 23.7 Å². The van der Waals surface area contributed by atoms with Crippen LogP contribution in [0, 0.1) is 24.0 Å². The second kappa shape index (κ2) is 7.02. The number of halogens is 2. The number of amides is 1. The number of benzene rings is 1. The maximum Gasteiger partial charge on any atom is 0.387 e. The SMILES string of the molecule is Cc1cc(OC(F)F)ccc1NC(=O)Cn1cc([N+](=O)[O-])c(C)n1. The zero-order valence-electron chi connectivity index (χ0n) is 12.8. The first kappa shape index (κ1) is 17.3. The van der Waals surface area contributed by atoms with E-state index in [0.29, 0.717) is 11.3 Å². The molecule has 2 rings (SSSR count). The summed E-state index contributed by atoms with van der Waals surface area (Å²) in [6, 6.07) is 4.10. The number of hydrogen-bond donors (Lipinski definition) is 1. The van der Waals surface area contributed by atoms with Gasteiger partial charge in [-0.1, -0.05) is 0 Å². The van der Waals surface area contributed by atoms with E-state index < -0.39 is 17.4 Å². The van der Waals surface area contributed by atoms with Gasteiger partial charge in [-0.3, -0.25) is 19.6 Å². The molecule has 2 aromatic rings. The number of rotatable bonds is 6. The van der Waals surface area contributed by atoms with Crippen molar-refractivity contribution in [1.82, 2.24) is 9.78 Å². The zero-order valence-corrected chi connectivity index (χ0v) is 12.8. The van der Waals surface area contributed by atoms with Crippen LogP contribution in [0.3, 0.4) is 0 Å². The van der Waals surface area contributed by atoms with E-state index in [9.17, 15) is 23.7 Å². The number of hydrogen-bond acceptors (Lipinski definition) is 5. The lowest BCUT2D eigenvalue weighted by Crippen LogP contribution is -2.19. The number of alkyl halides is 2. The molecule has 0 saturated heterocycles. The van der Waals surface area contributed by atoms with Gasteiger partial charge in [-0.2, -0.15) is 13.9 Å². The fraction of sp³-hybridized carbons (Fsp3) is 0.286. The quantitative estimate of drug-likeness (QED) is 0.644. The number of nitro groups is 1. The molecule has 24 heavy (non-hydrogen) atoms. The van der Waals surface area contributed by atoms with Crippen LogP contribution in [0.1, 0.15) is 11.3 Å². The largest absolute Gasteiger partial charge is 0.435 e. The molecule has 1 N–H and O–H groups in total. The molecule has 0 saturated carbocycles. The highest BCUT2D eigenvalue weighted by molar-refractivity contribution is 5.91. The van der Waals surface area contributed by atoms with Crippen molar-refractivity contribution < 1.29 is 23.2 Å². The van der Waals surface area contributed by atoms with Crippen molar-refractivity contribution in [3.8, 4) is 5.75 Å². The smallest absolute Gasteiger partial charge is 0.387 e. The van der Waals surface area contributed by atoms with Gasteiger partial charge in [0.05, 0.1) is 4.92 Å². The van der Waals surface area contributed by atoms with E-state index in [1.807, 2.05) is 0 Å². The third-order valence-corrected chi connectivity index (χ3v) is 3.12. The number of aromatic nitrogens is 2. The molecule has 0 spiro atoms. The van der Waals surface area contributed by atoms with Crippen LogP contribution in [-0.4, -0.2) is 27.2 Å². The fourth-order valence-electron chi connectivity index (χ4n) is 2.06. The van der Waals surface area contributed by atoms with Gasteiger partial charge in [0.2, 0.25) is 5.91 Å². The summed E-state index contributed by atoms with van der Waals surface area (Å²) in [7, 11) is 0. The third kappa shape index (κ3) is 4.24. The molecule has 1 amide bonds. The summed E-state index contributed by atoms with van der Waals surface area (Å²) in [5, 5.41) is 17.2. The van der Waals surface area contributed by atoms with E-state index in [4.69, 9.17) is 0 Å². The molecule has 0 unspecified atom stereocenters. The van der Waals surface area contributed by atoms with Crippen LogP contribution in [0.2, 0.25) is 0 Å². The number of carbonyl (C=O) groups excluding carboxylic acids is 1. The van der Waals surface area contributed by atoms with Crippen LogP contribution in [0.25, 0.3) is 0 Å². The third-order valence-electron chi connectivity index (χ3n) is 3.12. The maximum atomic E-state index is 12.1. The highest BCUT2D eigenvalue weighted by atomic mass is 19.3. The number of aryl methyl sites for hydroxylation is 2. The Morgan fingerprint density at radius 3 is 2.71 bits per heavy atom. The Morgan fingerprint density at radius 2 is 2.17 bits per heavy atom. The van der Waals surface area contributed by atoms with Crippen LogP contribution in [0.5, 0.6) is 5.75 Å². The molecular formula is C14H14F2N4O4. The Balaban J connectivity index is 2.04. The lowest BCUT2D eigenvalue weighted by molar-refractivity contribution is -0.385. The summed E-state index contributed by atoms with van der Waals surface area (Å²) < 4.78 is 29.7. The lowest BCUT2D eigenvalue weighted by atomic mass is 10.2. The number of anilines is 1. The number of nitrogens with zero attached hydrogens (tertiary/aromatic N) is 3. The molecule has 0 fully saturated rings. The summed E-state index contributed by atoms with van der Waals surface area (Å²) in [4.78, 5) is 22.2.